The average molecular weight is 315 g/mol. The van der Waals surface area contributed by atoms with Crippen molar-refractivity contribution in [2.75, 3.05) is 50.5 Å². The molecule has 0 aliphatic carbocycles. The van der Waals surface area contributed by atoms with Gasteiger partial charge in [0.2, 0.25) is 10.0 Å². The molecule has 2 rings (SSSR count). The van der Waals surface area contributed by atoms with Crippen LogP contribution in [0.5, 0.6) is 0 Å². The van der Waals surface area contributed by atoms with E-state index < -0.39 is 10.0 Å². The van der Waals surface area contributed by atoms with Crippen molar-refractivity contribution in [1.29, 1.82) is 0 Å². The first-order chi connectivity index (χ1) is 9.47. The van der Waals surface area contributed by atoms with Crippen molar-refractivity contribution in [3.05, 3.63) is 24.3 Å². The zero-order valence-corrected chi connectivity index (χ0v) is 13.3. The predicted molar refractivity (Wildman–Crippen MR) is 84.4 cm³/mol. The standard InChI is InChI=1S/C13H21N3O2S2/c1-15-6-8-16(9-7-15)20(17,18)11-10-19-13-4-2-12(14)3-5-13/h2-5H,6-11,14H2,1H3. The van der Waals surface area contributed by atoms with Gasteiger partial charge in [-0.15, -0.1) is 11.8 Å². The summed E-state index contributed by atoms with van der Waals surface area (Å²) in [6, 6.07) is 7.50. The fraction of sp³-hybridized carbons (Fsp3) is 0.538. The van der Waals surface area contributed by atoms with Crippen LogP contribution in [0.25, 0.3) is 0 Å². The summed E-state index contributed by atoms with van der Waals surface area (Å²) < 4.78 is 26.0. The lowest BCUT2D eigenvalue weighted by molar-refractivity contribution is 0.222. The molecule has 0 saturated carbocycles. The minimum absolute atomic E-state index is 0.186. The van der Waals surface area contributed by atoms with Gasteiger partial charge in [-0.3, -0.25) is 0 Å². The maximum Gasteiger partial charge on any atom is 0.215 e. The summed E-state index contributed by atoms with van der Waals surface area (Å²) in [7, 11) is -1.11. The lowest BCUT2D eigenvalue weighted by atomic mass is 10.3. The third-order valence-corrected chi connectivity index (χ3v) is 6.49. The Balaban J connectivity index is 1.82. The molecule has 5 nitrogen and oxygen atoms in total. The highest BCUT2D eigenvalue weighted by Gasteiger charge is 2.25. The summed E-state index contributed by atoms with van der Waals surface area (Å²) in [4.78, 5) is 3.20. The molecule has 0 spiro atoms. The SMILES string of the molecule is CN1CCN(S(=O)(=O)CCSc2ccc(N)cc2)CC1. The minimum atomic E-state index is -3.12. The molecule has 0 radical (unpaired) electrons. The number of sulfonamides is 1. The van der Waals surface area contributed by atoms with Gasteiger partial charge < -0.3 is 10.6 Å². The Labute approximate surface area is 125 Å². The van der Waals surface area contributed by atoms with Crippen LogP contribution in [0.4, 0.5) is 5.69 Å². The number of piperazine rings is 1. The van der Waals surface area contributed by atoms with E-state index in [-0.39, 0.29) is 5.75 Å². The first-order valence-electron chi connectivity index (χ1n) is 6.62. The van der Waals surface area contributed by atoms with Gasteiger partial charge in [0.25, 0.3) is 0 Å². The molecule has 0 aromatic heterocycles. The molecule has 0 atom stereocenters. The number of hydrogen-bond acceptors (Lipinski definition) is 5. The average Bonchev–Trinajstić information content (AvgIpc) is 2.41. The van der Waals surface area contributed by atoms with Crippen molar-refractivity contribution in [2.24, 2.45) is 0 Å². The zero-order valence-electron chi connectivity index (χ0n) is 11.7. The van der Waals surface area contributed by atoms with Gasteiger partial charge in [-0.05, 0) is 31.3 Å². The second-order valence-electron chi connectivity index (χ2n) is 4.94. The molecule has 0 amide bonds. The Kier molecular flexibility index (Phi) is 5.31. The highest BCUT2D eigenvalue weighted by molar-refractivity contribution is 8.00. The molecule has 20 heavy (non-hydrogen) atoms. The van der Waals surface area contributed by atoms with Gasteiger partial charge in [0, 0.05) is 42.5 Å². The Bertz CT molecular complexity index is 523. The van der Waals surface area contributed by atoms with E-state index in [1.54, 1.807) is 16.1 Å². The van der Waals surface area contributed by atoms with Gasteiger partial charge in [-0.2, -0.15) is 4.31 Å². The minimum Gasteiger partial charge on any atom is -0.399 e. The number of rotatable bonds is 5. The van der Waals surface area contributed by atoms with Crippen LogP contribution in [0, 0.1) is 0 Å². The Morgan fingerprint density at radius 1 is 1.15 bits per heavy atom. The molecule has 112 valence electrons. The molecule has 1 aliphatic rings. The van der Waals surface area contributed by atoms with Gasteiger partial charge in [-0.1, -0.05) is 0 Å². The first-order valence-corrected chi connectivity index (χ1v) is 9.21. The van der Waals surface area contributed by atoms with Gasteiger partial charge in [0.1, 0.15) is 0 Å². The van der Waals surface area contributed by atoms with Crippen LogP contribution in [0.15, 0.2) is 29.2 Å². The van der Waals surface area contributed by atoms with Crippen LogP contribution < -0.4 is 5.73 Å². The highest BCUT2D eigenvalue weighted by atomic mass is 32.2. The predicted octanol–water partition coefficient (Wildman–Crippen LogP) is 0.938. The van der Waals surface area contributed by atoms with Gasteiger partial charge in [-0.25, -0.2) is 8.42 Å². The molecular formula is C13H21N3O2S2. The van der Waals surface area contributed by atoms with Crippen molar-refractivity contribution in [1.82, 2.24) is 9.21 Å². The first kappa shape index (κ1) is 15.6. The van der Waals surface area contributed by atoms with E-state index >= 15 is 0 Å². The van der Waals surface area contributed by atoms with E-state index in [0.717, 1.165) is 23.7 Å². The van der Waals surface area contributed by atoms with E-state index in [0.29, 0.717) is 18.8 Å². The maximum absolute atomic E-state index is 12.2. The fourth-order valence-corrected chi connectivity index (χ4v) is 4.74. The van der Waals surface area contributed by atoms with Gasteiger partial charge >= 0.3 is 0 Å². The largest absolute Gasteiger partial charge is 0.399 e. The number of nitrogen functional groups attached to an aromatic ring is 1. The number of hydrogen-bond donors (Lipinski definition) is 1. The van der Waals surface area contributed by atoms with Crippen molar-refractivity contribution >= 4 is 27.5 Å². The molecule has 1 aromatic rings. The van der Waals surface area contributed by atoms with Gasteiger partial charge in [0.15, 0.2) is 0 Å². The molecular weight excluding hydrogens is 294 g/mol. The third-order valence-electron chi connectivity index (χ3n) is 3.35. The third kappa shape index (κ3) is 4.37. The summed E-state index contributed by atoms with van der Waals surface area (Å²) >= 11 is 1.55. The molecule has 0 unspecified atom stereocenters. The van der Waals surface area contributed by atoms with E-state index in [4.69, 9.17) is 5.73 Å². The second-order valence-corrected chi connectivity index (χ2v) is 8.19. The fourth-order valence-electron chi connectivity index (χ4n) is 2.02. The Morgan fingerprint density at radius 2 is 1.75 bits per heavy atom. The number of nitrogens with zero attached hydrogens (tertiary/aromatic N) is 2. The van der Waals surface area contributed by atoms with Crippen LogP contribution in [-0.4, -0.2) is 62.4 Å². The van der Waals surface area contributed by atoms with E-state index in [9.17, 15) is 8.42 Å². The molecule has 1 aliphatic heterocycles. The van der Waals surface area contributed by atoms with Crippen molar-refractivity contribution < 1.29 is 8.42 Å². The van der Waals surface area contributed by atoms with Crippen LogP contribution in [-0.2, 0) is 10.0 Å². The topological polar surface area (TPSA) is 66.6 Å². The lowest BCUT2D eigenvalue weighted by Crippen LogP contribution is -2.47. The molecule has 1 saturated heterocycles. The van der Waals surface area contributed by atoms with E-state index in [2.05, 4.69) is 4.90 Å². The van der Waals surface area contributed by atoms with E-state index in [1.165, 1.54) is 0 Å². The number of likely N-dealkylation sites (N-methyl/N-ethyl adjacent to an activating group) is 1. The van der Waals surface area contributed by atoms with Crippen LogP contribution >= 0.6 is 11.8 Å². The molecule has 7 heteroatoms. The second kappa shape index (κ2) is 6.80. The quantitative estimate of drug-likeness (QED) is 0.647. The lowest BCUT2D eigenvalue weighted by Gasteiger charge is -2.31. The van der Waals surface area contributed by atoms with Crippen molar-refractivity contribution in [3.8, 4) is 0 Å². The number of nitrogens with two attached hydrogens (primary N) is 1. The van der Waals surface area contributed by atoms with Gasteiger partial charge in [0.05, 0.1) is 5.75 Å². The normalized spacial score (nSPS) is 18.2. The molecule has 0 bridgehead atoms. The summed E-state index contributed by atoms with van der Waals surface area (Å²) in [6.07, 6.45) is 0. The monoisotopic (exact) mass is 315 g/mol. The summed E-state index contributed by atoms with van der Waals surface area (Å²) in [5.41, 5.74) is 6.34. The molecule has 2 N–H and O–H groups in total. The smallest absolute Gasteiger partial charge is 0.215 e. The Morgan fingerprint density at radius 3 is 2.35 bits per heavy atom. The summed E-state index contributed by atoms with van der Waals surface area (Å²) in [6.45, 7) is 2.82. The highest BCUT2D eigenvalue weighted by Crippen LogP contribution is 2.20. The molecule has 1 fully saturated rings. The van der Waals surface area contributed by atoms with Crippen molar-refractivity contribution in [3.63, 3.8) is 0 Å². The van der Waals surface area contributed by atoms with Crippen molar-refractivity contribution in [2.45, 2.75) is 4.90 Å². The molecule has 1 heterocycles. The summed E-state index contributed by atoms with van der Waals surface area (Å²) in [5, 5.41) is 0. The number of thioether (sulfide) groups is 1. The molecule has 1 aromatic carbocycles. The van der Waals surface area contributed by atoms with Crippen LogP contribution in [0.1, 0.15) is 0 Å². The number of anilines is 1. The van der Waals surface area contributed by atoms with Crippen LogP contribution in [0.2, 0.25) is 0 Å². The maximum atomic E-state index is 12.2. The number of benzene rings is 1. The summed E-state index contributed by atoms with van der Waals surface area (Å²) in [5.74, 6) is 0.754. The zero-order chi connectivity index (χ0) is 14.6. The van der Waals surface area contributed by atoms with Crippen LogP contribution in [0.3, 0.4) is 0 Å². The Hall–Kier alpha value is -0.760. The van der Waals surface area contributed by atoms with E-state index in [1.807, 2.05) is 31.3 Å².